The van der Waals surface area contributed by atoms with Gasteiger partial charge in [0.2, 0.25) is 5.75 Å². The van der Waals surface area contributed by atoms with Crippen LogP contribution in [0.5, 0.6) is 17.2 Å². The van der Waals surface area contributed by atoms with E-state index in [1.165, 1.54) is 0 Å². The molecule has 7 nitrogen and oxygen atoms in total. The van der Waals surface area contributed by atoms with E-state index in [0.717, 1.165) is 12.8 Å². The molecule has 1 amide bonds. The lowest BCUT2D eigenvalue weighted by molar-refractivity contribution is -0.142. The van der Waals surface area contributed by atoms with Gasteiger partial charge in [-0.15, -0.1) is 0 Å². The molecular formula is C21H29NO6. The summed E-state index contributed by atoms with van der Waals surface area (Å²) in [7, 11) is 0. The predicted octanol–water partition coefficient (Wildman–Crippen LogP) is 3.07. The number of carboxylic acids is 1. The minimum Gasteiger partial charge on any atom is -0.490 e. The fourth-order valence-electron chi connectivity index (χ4n) is 3.95. The lowest BCUT2D eigenvalue weighted by atomic mass is 9.92. The Morgan fingerprint density at radius 2 is 1.57 bits per heavy atom. The van der Waals surface area contributed by atoms with E-state index < -0.39 is 11.9 Å². The summed E-state index contributed by atoms with van der Waals surface area (Å²) < 4.78 is 17.1. The Hall–Kier alpha value is -2.44. The first-order chi connectivity index (χ1) is 13.5. The summed E-state index contributed by atoms with van der Waals surface area (Å²) in [5.74, 6) is 0.389. The van der Waals surface area contributed by atoms with E-state index >= 15 is 0 Å². The van der Waals surface area contributed by atoms with Crippen LogP contribution >= 0.6 is 0 Å². The van der Waals surface area contributed by atoms with Gasteiger partial charge in [-0.3, -0.25) is 9.59 Å². The number of carboxylic acid groups (broad SMARTS) is 1. The van der Waals surface area contributed by atoms with Crippen molar-refractivity contribution in [3.8, 4) is 17.2 Å². The number of aliphatic carboxylic acids is 1. The second-order valence-electron chi connectivity index (χ2n) is 7.26. The van der Waals surface area contributed by atoms with E-state index in [9.17, 15) is 14.7 Å². The Balaban J connectivity index is 1.89. The highest BCUT2D eigenvalue weighted by Gasteiger charge is 2.47. The van der Waals surface area contributed by atoms with Crippen molar-refractivity contribution in [3.63, 3.8) is 0 Å². The molecular weight excluding hydrogens is 362 g/mol. The zero-order chi connectivity index (χ0) is 20.3. The SMILES string of the molecule is CCOc1cc(C(=O)N2C[C@H](C(=O)O)[C@@H](C3CC3)C2)cc(OCC)c1OCC. The van der Waals surface area contributed by atoms with E-state index in [4.69, 9.17) is 14.2 Å². The molecule has 1 aliphatic carbocycles. The summed E-state index contributed by atoms with van der Waals surface area (Å²) in [5.41, 5.74) is 0.427. The van der Waals surface area contributed by atoms with Crippen LogP contribution in [0.15, 0.2) is 12.1 Å². The van der Waals surface area contributed by atoms with Crippen LogP contribution in [0.3, 0.4) is 0 Å². The zero-order valence-electron chi connectivity index (χ0n) is 16.8. The fourth-order valence-corrected chi connectivity index (χ4v) is 3.95. The Morgan fingerprint density at radius 1 is 1.00 bits per heavy atom. The van der Waals surface area contributed by atoms with Crippen molar-refractivity contribution in [3.05, 3.63) is 17.7 Å². The Labute approximate surface area is 165 Å². The largest absolute Gasteiger partial charge is 0.490 e. The average molecular weight is 391 g/mol. The number of carbonyl (C=O) groups is 2. The highest BCUT2D eigenvalue weighted by Crippen LogP contribution is 2.45. The van der Waals surface area contributed by atoms with Crippen molar-refractivity contribution in [2.75, 3.05) is 32.9 Å². The molecule has 0 bridgehead atoms. The smallest absolute Gasteiger partial charge is 0.308 e. The monoisotopic (exact) mass is 391 g/mol. The number of likely N-dealkylation sites (tertiary alicyclic amines) is 1. The summed E-state index contributed by atoms with van der Waals surface area (Å²) in [6, 6.07) is 3.33. The van der Waals surface area contributed by atoms with Gasteiger partial charge in [-0.25, -0.2) is 0 Å². The van der Waals surface area contributed by atoms with Gasteiger partial charge in [-0.2, -0.15) is 0 Å². The summed E-state index contributed by atoms with van der Waals surface area (Å²) >= 11 is 0. The van der Waals surface area contributed by atoms with E-state index in [-0.39, 0.29) is 18.4 Å². The number of hydrogen-bond acceptors (Lipinski definition) is 5. The summed E-state index contributed by atoms with van der Waals surface area (Å²) in [6.45, 7) is 7.64. The quantitative estimate of drug-likeness (QED) is 0.696. The van der Waals surface area contributed by atoms with Gasteiger partial charge in [-0.1, -0.05) is 0 Å². The van der Waals surface area contributed by atoms with Crippen molar-refractivity contribution >= 4 is 11.9 Å². The van der Waals surface area contributed by atoms with Crippen molar-refractivity contribution in [2.24, 2.45) is 17.8 Å². The predicted molar refractivity (Wildman–Crippen MR) is 103 cm³/mol. The maximum atomic E-state index is 13.2. The average Bonchev–Trinajstić information content (AvgIpc) is 3.41. The molecule has 1 saturated heterocycles. The minimum absolute atomic E-state index is 0.0434. The van der Waals surface area contributed by atoms with Crippen LogP contribution in [-0.4, -0.2) is 54.8 Å². The Kier molecular flexibility index (Phi) is 6.31. The van der Waals surface area contributed by atoms with Crippen LogP contribution < -0.4 is 14.2 Å². The van der Waals surface area contributed by atoms with Crippen molar-refractivity contribution in [1.29, 1.82) is 0 Å². The van der Waals surface area contributed by atoms with E-state index in [0.29, 0.717) is 55.1 Å². The molecule has 0 spiro atoms. The standard InChI is InChI=1S/C21H29NO6/c1-4-26-17-9-14(10-18(27-5-2)19(17)28-6-3)20(23)22-11-15(13-7-8-13)16(12-22)21(24)25/h9-10,13,15-16H,4-8,11-12H2,1-3H3,(H,24,25)/t15-,16+/m1/s1. The molecule has 1 aliphatic heterocycles. The third kappa shape index (κ3) is 4.18. The van der Waals surface area contributed by atoms with Gasteiger partial charge < -0.3 is 24.2 Å². The number of ether oxygens (including phenoxy) is 3. The first kappa shape index (κ1) is 20.3. The highest BCUT2D eigenvalue weighted by molar-refractivity contribution is 5.96. The number of amides is 1. The summed E-state index contributed by atoms with van der Waals surface area (Å²) in [5, 5.41) is 9.56. The maximum absolute atomic E-state index is 13.2. The molecule has 2 aliphatic rings. The summed E-state index contributed by atoms with van der Waals surface area (Å²) in [6.07, 6.45) is 2.12. The topological polar surface area (TPSA) is 85.3 Å². The van der Waals surface area contributed by atoms with Gasteiger partial charge in [0.15, 0.2) is 11.5 Å². The third-order valence-electron chi connectivity index (χ3n) is 5.35. The van der Waals surface area contributed by atoms with Gasteiger partial charge in [-0.05, 0) is 57.6 Å². The number of benzene rings is 1. The second-order valence-corrected chi connectivity index (χ2v) is 7.26. The molecule has 2 fully saturated rings. The fraction of sp³-hybridized carbons (Fsp3) is 0.619. The van der Waals surface area contributed by atoms with Crippen LogP contribution in [0.25, 0.3) is 0 Å². The maximum Gasteiger partial charge on any atom is 0.308 e. The van der Waals surface area contributed by atoms with Gasteiger partial charge >= 0.3 is 5.97 Å². The number of rotatable bonds is 9. The van der Waals surface area contributed by atoms with Gasteiger partial charge in [0.1, 0.15) is 0 Å². The van der Waals surface area contributed by atoms with Crippen molar-refractivity contribution in [1.82, 2.24) is 4.90 Å². The molecule has 7 heteroatoms. The van der Waals surface area contributed by atoms with Crippen LogP contribution in [0, 0.1) is 17.8 Å². The molecule has 2 atom stereocenters. The first-order valence-corrected chi connectivity index (χ1v) is 10.1. The summed E-state index contributed by atoms with van der Waals surface area (Å²) in [4.78, 5) is 26.5. The van der Waals surface area contributed by atoms with E-state index in [1.54, 1.807) is 17.0 Å². The van der Waals surface area contributed by atoms with Gasteiger partial charge in [0.05, 0.1) is 25.7 Å². The first-order valence-electron chi connectivity index (χ1n) is 10.1. The van der Waals surface area contributed by atoms with Gasteiger partial charge in [0, 0.05) is 18.7 Å². The van der Waals surface area contributed by atoms with Crippen LogP contribution in [0.2, 0.25) is 0 Å². The molecule has 154 valence electrons. The lowest BCUT2D eigenvalue weighted by Gasteiger charge is -2.20. The molecule has 1 N–H and O–H groups in total. The Bertz CT molecular complexity index is 703. The van der Waals surface area contributed by atoms with E-state index in [1.807, 2.05) is 20.8 Å². The van der Waals surface area contributed by atoms with Crippen molar-refractivity contribution in [2.45, 2.75) is 33.6 Å². The van der Waals surface area contributed by atoms with E-state index in [2.05, 4.69) is 0 Å². The molecule has 28 heavy (non-hydrogen) atoms. The molecule has 1 saturated carbocycles. The number of nitrogens with zero attached hydrogens (tertiary/aromatic N) is 1. The van der Waals surface area contributed by atoms with Crippen LogP contribution in [0.4, 0.5) is 0 Å². The third-order valence-corrected chi connectivity index (χ3v) is 5.35. The highest BCUT2D eigenvalue weighted by atomic mass is 16.5. The minimum atomic E-state index is -0.816. The molecule has 1 aromatic carbocycles. The number of hydrogen-bond donors (Lipinski definition) is 1. The normalized spacial score (nSPS) is 21.5. The molecule has 3 rings (SSSR count). The molecule has 0 unspecified atom stereocenters. The lowest BCUT2D eigenvalue weighted by Crippen LogP contribution is -2.30. The number of carbonyl (C=O) groups excluding carboxylic acids is 1. The Morgan fingerprint density at radius 3 is 2.04 bits per heavy atom. The molecule has 0 aromatic heterocycles. The van der Waals surface area contributed by atoms with Crippen molar-refractivity contribution < 1.29 is 28.9 Å². The molecule has 1 aromatic rings. The van der Waals surface area contributed by atoms with Crippen LogP contribution in [0.1, 0.15) is 44.0 Å². The molecule has 0 radical (unpaired) electrons. The second kappa shape index (κ2) is 8.71. The van der Waals surface area contributed by atoms with Crippen LogP contribution in [-0.2, 0) is 4.79 Å². The van der Waals surface area contributed by atoms with Gasteiger partial charge in [0.25, 0.3) is 5.91 Å². The molecule has 1 heterocycles. The zero-order valence-corrected chi connectivity index (χ0v) is 16.8.